The zero-order chi connectivity index (χ0) is 15.0. The van der Waals surface area contributed by atoms with Gasteiger partial charge in [0, 0.05) is 24.6 Å². The highest BCUT2D eigenvalue weighted by molar-refractivity contribution is 6.17. The van der Waals surface area contributed by atoms with Gasteiger partial charge in [-0.3, -0.25) is 9.59 Å². The summed E-state index contributed by atoms with van der Waals surface area (Å²) in [6.45, 7) is 0. The lowest BCUT2D eigenvalue weighted by Gasteiger charge is -2.37. The summed E-state index contributed by atoms with van der Waals surface area (Å²) in [4.78, 5) is 26.3. The highest BCUT2D eigenvalue weighted by atomic mass is 16.5. The average molecular weight is 288 g/mol. The van der Waals surface area contributed by atoms with Crippen LogP contribution in [0.2, 0.25) is 0 Å². The Balaban J connectivity index is 1.93. The zero-order valence-electron chi connectivity index (χ0n) is 12.2. The molecule has 1 saturated carbocycles. The molecule has 2 fully saturated rings. The molecule has 112 valence electrons. The summed E-state index contributed by atoms with van der Waals surface area (Å²) in [6.07, 6.45) is 5.10. The van der Waals surface area contributed by atoms with Gasteiger partial charge < -0.3 is 10.5 Å². The second kappa shape index (κ2) is 5.06. The normalized spacial score (nSPS) is 21.1. The molecule has 0 unspecified atom stereocenters. The number of benzene rings is 1. The number of carbonyl (C=O) groups excluding carboxylic acids is 2. The summed E-state index contributed by atoms with van der Waals surface area (Å²) in [7, 11) is 1.51. The monoisotopic (exact) mass is 288 g/mol. The largest absolute Gasteiger partial charge is 0.494 e. The van der Waals surface area contributed by atoms with Crippen molar-refractivity contribution in [1.29, 1.82) is 0 Å². The van der Waals surface area contributed by atoms with Crippen LogP contribution in [0.1, 0.15) is 38.5 Å². The van der Waals surface area contributed by atoms with Gasteiger partial charge in [0.2, 0.25) is 11.8 Å². The quantitative estimate of drug-likeness (QED) is 0.670. The van der Waals surface area contributed by atoms with Gasteiger partial charge in [-0.05, 0) is 30.4 Å². The van der Waals surface area contributed by atoms with Crippen LogP contribution in [0.3, 0.4) is 0 Å². The molecular weight excluding hydrogens is 268 g/mol. The Morgan fingerprint density at radius 1 is 1.14 bits per heavy atom. The van der Waals surface area contributed by atoms with Crippen LogP contribution >= 0.6 is 0 Å². The maximum atomic E-state index is 12.5. The van der Waals surface area contributed by atoms with Gasteiger partial charge >= 0.3 is 0 Å². The van der Waals surface area contributed by atoms with Crippen molar-refractivity contribution in [2.75, 3.05) is 17.7 Å². The molecule has 1 aromatic rings. The smallest absolute Gasteiger partial charge is 0.234 e. The van der Waals surface area contributed by atoms with Gasteiger partial charge in [-0.25, -0.2) is 4.90 Å². The first-order valence-corrected chi connectivity index (χ1v) is 7.34. The number of amides is 2. The summed E-state index contributed by atoms with van der Waals surface area (Å²) in [5.41, 5.74) is 6.67. The van der Waals surface area contributed by atoms with Crippen LogP contribution in [-0.4, -0.2) is 18.9 Å². The zero-order valence-corrected chi connectivity index (χ0v) is 12.2. The minimum absolute atomic E-state index is 0.0916. The first kappa shape index (κ1) is 13.9. The Kier molecular flexibility index (Phi) is 3.35. The van der Waals surface area contributed by atoms with Gasteiger partial charge in [0.25, 0.3) is 0 Å². The van der Waals surface area contributed by atoms with Gasteiger partial charge in [-0.15, -0.1) is 0 Å². The third kappa shape index (κ3) is 2.37. The summed E-state index contributed by atoms with van der Waals surface area (Å²) < 4.78 is 5.27. The Labute approximate surface area is 124 Å². The number of imide groups is 1. The van der Waals surface area contributed by atoms with Crippen molar-refractivity contribution in [3.05, 3.63) is 18.2 Å². The minimum Gasteiger partial charge on any atom is -0.494 e. The molecule has 1 heterocycles. The molecule has 2 aliphatic rings. The SMILES string of the molecule is COc1cc(N)ccc1N1C(=O)CC2(CCCC2)CC1=O. The predicted octanol–water partition coefficient (Wildman–Crippen LogP) is 2.49. The fourth-order valence-corrected chi connectivity index (χ4v) is 3.63. The molecule has 0 bridgehead atoms. The molecule has 5 nitrogen and oxygen atoms in total. The maximum Gasteiger partial charge on any atom is 0.234 e. The van der Waals surface area contributed by atoms with E-state index in [1.165, 1.54) is 12.0 Å². The van der Waals surface area contributed by atoms with E-state index < -0.39 is 0 Å². The number of nitrogens with two attached hydrogens (primary N) is 1. The molecule has 0 radical (unpaired) electrons. The molecule has 1 aromatic carbocycles. The second-order valence-electron chi connectivity index (χ2n) is 6.11. The molecule has 5 heteroatoms. The van der Waals surface area contributed by atoms with Gasteiger partial charge in [-0.2, -0.15) is 0 Å². The van der Waals surface area contributed by atoms with E-state index in [0.29, 0.717) is 30.0 Å². The molecule has 2 N–H and O–H groups in total. The van der Waals surface area contributed by atoms with Crippen LogP contribution in [0.5, 0.6) is 5.75 Å². The Morgan fingerprint density at radius 3 is 2.33 bits per heavy atom. The fourth-order valence-electron chi connectivity index (χ4n) is 3.63. The van der Waals surface area contributed by atoms with E-state index in [-0.39, 0.29) is 17.2 Å². The molecular formula is C16H20N2O3. The molecule has 1 spiro atoms. The number of anilines is 2. The van der Waals surface area contributed by atoms with E-state index in [1.54, 1.807) is 18.2 Å². The van der Waals surface area contributed by atoms with Crippen molar-refractivity contribution < 1.29 is 14.3 Å². The lowest BCUT2D eigenvalue weighted by Crippen LogP contribution is -2.47. The predicted molar refractivity (Wildman–Crippen MR) is 80.0 cm³/mol. The molecule has 1 aliphatic heterocycles. The number of piperidine rings is 1. The number of ether oxygens (including phenoxy) is 1. The lowest BCUT2D eigenvalue weighted by molar-refractivity contribution is -0.133. The first-order chi connectivity index (χ1) is 10.0. The topological polar surface area (TPSA) is 72.6 Å². The van der Waals surface area contributed by atoms with Crippen molar-refractivity contribution in [2.45, 2.75) is 38.5 Å². The Morgan fingerprint density at radius 2 is 1.76 bits per heavy atom. The molecule has 3 rings (SSSR count). The number of rotatable bonds is 2. The van der Waals surface area contributed by atoms with E-state index in [2.05, 4.69) is 0 Å². The van der Waals surface area contributed by atoms with Crippen molar-refractivity contribution in [3.8, 4) is 5.75 Å². The van der Waals surface area contributed by atoms with Crippen molar-refractivity contribution >= 4 is 23.2 Å². The molecule has 1 saturated heterocycles. The van der Waals surface area contributed by atoms with Gasteiger partial charge in [0.1, 0.15) is 5.75 Å². The molecule has 1 aliphatic carbocycles. The van der Waals surface area contributed by atoms with Crippen molar-refractivity contribution in [2.24, 2.45) is 5.41 Å². The summed E-state index contributed by atoms with van der Waals surface area (Å²) in [6, 6.07) is 4.99. The van der Waals surface area contributed by atoms with Gasteiger partial charge in [0.05, 0.1) is 12.8 Å². The molecule has 21 heavy (non-hydrogen) atoms. The maximum absolute atomic E-state index is 12.5. The number of carbonyl (C=O) groups is 2. The number of methoxy groups -OCH3 is 1. The molecule has 2 amide bonds. The number of hydrogen-bond donors (Lipinski definition) is 1. The third-order valence-electron chi connectivity index (χ3n) is 4.66. The molecule has 0 aromatic heterocycles. The van der Waals surface area contributed by atoms with Gasteiger partial charge in [-0.1, -0.05) is 12.8 Å². The number of nitrogen functional groups attached to an aromatic ring is 1. The first-order valence-electron chi connectivity index (χ1n) is 7.34. The van der Waals surface area contributed by atoms with E-state index in [1.807, 2.05) is 0 Å². The van der Waals surface area contributed by atoms with Crippen LogP contribution in [0.25, 0.3) is 0 Å². The van der Waals surface area contributed by atoms with E-state index in [4.69, 9.17) is 10.5 Å². The van der Waals surface area contributed by atoms with Gasteiger partial charge in [0.15, 0.2) is 0 Å². The minimum atomic E-state index is -0.128. The average Bonchev–Trinajstić information content (AvgIpc) is 2.87. The van der Waals surface area contributed by atoms with Crippen molar-refractivity contribution in [1.82, 2.24) is 0 Å². The summed E-state index contributed by atoms with van der Waals surface area (Å²) in [5, 5.41) is 0. The van der Waals surface area contributed by atoms with Crippen LogP contribution in [0.4, 0.5) is 11.4 Å². The summed E-state index contributed by atoms with van der Waals surface area (Å²) >= 11 is 0. The van der Waals surface area contributed by atoms with Crippen LogP contribution in [-0.2, 0) is 9.59 Å². The van der Waals surface area contributed by atoms with E-state index in [0.717, 1.165) is 25.7 Å². The highest BCUT2D eigenvalue weighted by Crippen LogP contribution is 2.48. The van der Waals surface area contributed by atoms with E-state index >= 15 is 0 Å². The number of nitrogens with zero attached hydrogens (tertiary/aromatic N) is 1. The molecule has 0 atom stereocenters. The van der Waals surface area contributed by atoms with Crippen LogP contribution in [0, 0.1) is 5.41 Å². The fraction of sp³-hybridized carbons (Fsp3) is 0.500. The second-order valence-corrected chi connectivity index (χ2v) is 6.11. The lowest BCUT2D eigenvalue weighted by atomic mass is 9.76. The standard InChI is InChI=1S/C16H20N2O3/c1-21-13-8-11(17)4-5-12(13)18-14(19)9-16(10-15(18)20)6-2-3-7-16/h4-5,8H,2-3,6-7,9-10,17H2,1H3. The Hall–Kier alpha value is -2.04. The van der Waals surface area contributed by atoms with Crippen molar-refractivity contribution in [3.63, 3.8) is 0 Å². The number of hydrogen-bond acceptors (Lipinski definition) is 4. The van der Waals surface area contributed by atoms with Crippen LogP contribution < -0.4 is 15.4 Å². The highest BCUT2D eigenvalue weighted by Gasteiger charge is 2.46. The third-order valence-corrected chi connectivity index (χ3v) is 4.66. The van der Waals surface area contributed by atoms with Crippen LogP contribution in [0.15, 0.2) is 18.2 Å². The Bertz CT molecular complexity index is 571. The van der Waals surface area contributed by atoms with E-state index in [9.17, 15) is 9.59 Å². The summed E-state index contributed by atoms with van der Waals surface area (Å²) in [5.74, 6) is 0.200.